The first kappa shape index (κ1) is 24.7. The van der Waals surface area contributed by atoms with E-state index in [1.807, 2.05) is 0 Å². The summed E-state index contributed by atoms with van der Waals surface area (Å²) in [6, 6.07) is 16.5. The van der Waals surface area contributed by atoms with Gasteiger partial charge in [-0.15, -0.1) is 0 Å². The minimum absolute atomic E-state index is 0.170. The molecule has 0 aromatic heterocycles. The van der Waals surface area contributed by atoms with Crippen molar-refractivity contribution in [1.82, 2.24) is 0 Å². The molecule has 10 heteroatoms. The molecule has 3 aromatic rings. The van der Waals surface area contributed by atoms with Crippen LogP contribution in [0.4, 0.5) is 15.8 Å². The molecule has 3 rings (SSSR count). The topological polar surface area (TPSA) is 102 Å². The standard InChI is InChI=1S/C24H23FN2O6S/c1-3-33-24(29)17-4-8-19(9-5-17)26-23(28)16-27(20-10-12-21(32-2)13-11-20)34(30,31)22-14-6-18(25)7-15-22/h4-15H,3,16H2,1-2H3,(H,26,28). The van der Waals surface area contributed by atoms with Crippen LogP contribution in [0.5, 0.6) is 5.75 Å². The average Bonchev–Trinajstić information content (AvgIpc) is 2.83. The lowest BCUT2D eigenvalue weighted by molar-refractivity contribution is -0.114. The minimum Gasteiger partial charge on any atom is -0.497 e. The summed E-state index contributed by atoms with van der Waals surface area (Å²) in [5, 5.41) is 2.61. The van der Waals surface area contributed by atoms with Gasteiger partial charge >= 0.3 is 5.97 Å². The molecule has 0 fully saturated rings. The normalized spacial score (nSPS) is 10.9. The number of esters is 1. The number of carbonyl (C=O) groups excluding carboxylic acids is 2. The molecule has 0 saturated heterocycles. The summed E-state index contributed by atoms with van der Waals surface area (Å²) in [7, 11) is -2.72. The van der Waals surface area contributed by atoms with Crippen molar-refractivity contribution in [3.63, 3.8) is 0 Å². The number of halogens is 1. The van der Waals surface area contributed by atoms with Gasteiger partial charge in [0.25, 0.3) is 10.0 Å². The summed E-state index contributed by atoms with van der Waals surface area (Å²) < 4.78 is 50.9. The number of methoxy groups -OCH3 is 1. The quantitative estimate of drug-likeness (QED) is 0.461. The van der Waals surface area contributed by atoms with E-state index in [4.69, 9.17) is 9.47 Å². The van der Waals surface area contributed by atoms with Crippen LogP contribution in [-0.2, 0) is 19.6 Å². The molecule has 0 saturated carbocycles. The Morgan fingerprint density at radius 1 is 0.941 bits per heavy atom. The average molecular weight is 487 g/mol. The second-order valence-electron chi connectivity index (χ2n) is 7.01. The summed E-state index contributed by atoms with van der Waals surface area (Å²) in [6.07, 6.45) is 0. The molecule has 3 aromatic carbocycles. The highest BCUT2D eigenvalue weighted by atomic mass is 32.2. The first-order valence-electron chi connectivity index (χ1n) is 10.2. The maximum atomic E-state index is 13.3. The van der Waals surface area contributed by atoms with Crippen LogP contribution < -0.4 is 14.4 Å². The number of nitrogens with zero attached hydrogens (tertiary/aromatic N) is 1. The van der Waals surface area contributed by atoms with Gasteiger partial charge in [-0.1, -0.05) is 0 Å². The number of benzene rings is 3. The van der Waals surface area contributed by atoms with Gasteiger partial charge in [-0.3, -0.25) is 9.10 Å². The molecule has 1 N–H and O–H groups in total. The largest absolute Gasteiger partial charge is 0.497 e. The van der Waals surface area contributed by atoms with E-state index in [2.05, 4.69) is 5.32 Å². The van der Waals surface area contributed by atoms with Crippen LogP contribution in [0.3, 0.4) is 0 Å². The summed E-state index contributed by atoms with van der Waals surface area (Å²) >= 11 is 0. The van der Waals surface area contributed by atoms with E-state index in [0.29, 0.717) is 17.0 Å². The number of hydrogen-bond donors (Lipinski definition) is 1. The number of amides is 1. The summed E-state index contributed by atoms with van der Waals surface area (Å²) in [6.45, 7) is 1.38. The van der Waals surface area contributed by atoms with Crippen molar-refractivity contribution in [2.45, 2.75) is 11.8 Å². The highest BCUT2D eigenvalue weighted by molar-refractivity contribution is 7.92. The maximum absolute atomic E-state index is 13.3. The Bertz CT molecular complexity index is 1240. The first-order valence-corrected chi connectivity index (χ1v) is 11.7. The van der Waals surface area contributed by atoms with Crippen molar-refractivity contribution in [2.75, 3.05) is 29.9 Å². The number of anilines is 2. The van der Waals surface area contributed by atoms with Gasteiger partial charge in [-0.05, 0) is 79.7 Å². The van der Waals surface area contributed by atoms with Gasteiger partial charge in [0, 0.05) is 5.69 Å². The van der Waals surface area contributed by atoms with Crippen LogP contribution in [-0.4, -0.2) is 40.6 Å². The van der Waals surface area contributed by atoms with E-state index in [-0.39, 0.29) is 17.2 Å². The van der Waals surface area contributed by atoms with Gasteiger partial charge in [0.2, 0.25) is 5.91 Å². The lowest BCUT2D eigenvalue weighted by Crippen LogP contribution is -2.38. The van der Waals surface area contributed by atoms with Crippen LogP contribution >= 0.6 is 0 Å². The van der Waals surface area contributed by atoms with E-state index in [1.165, 1.54) is 43.5 Å². The highest BCUT2D eigenvalue weighted by Gasteiger charge is 2.27. The molecule has 0 bridgehead atoms. The Hall–Kier alpha value is -3.92. The van der Waals surface area contributed by atoms with E-state index in [1.54, 1.807) is 19.1 Å². The van der Waals surface area contributed by atoms with Crippen molar-refractivity contribution in [1.29, 1.82) is 0 Å². The number of ether oxygens (including phenoxy) is 2. The second-order valence-corrected chi connectivity index (χ2v) is 8.87. The van der Waals surface area contributed by atoms with E-state index < -0.39 is 34.3 Å². The molecule has 34 heavy (non-hydrogen) atoms. The van der Waals surface area contributed by atoms with Crippen LogP contribution in [0.25, 0.3) is 0 Å². The molecule has 0 heterocycles. The minimum atomic E-state index is -4.20. The summed E-state index contributed by atoms with van der Waals surface area (Å²) in [5.41, 5.74) is 0.906. The van der Waals surface area contributed by atoms with Crippen molar-refractivity contribution >= 4 is 33.3 Å². The van der Waals surface area contributed by atoms with Gasteiger partial charge in [0.05, 0.1) is 29.9 Å². The van der Waals surface area contributed by atoms with Gasteiger partial charge in [0.15, 0.2) is 0 Å². The van der Waals surface area contributed by atoms with Crippen molar-refractivity contribution in [3.05, 3.63) is 84.2 Å². The molecule has 1 amide bonds. The predicted octanol–water partition coefficient (Wildman–Crippen LogP) is 3.85. The van der Waals surface area contributed by atoms with Crippen LogP contribution in [0.2, 0.25) is 0 Å². The first-order chi connectivity index (χ1) is 16.2. The number of nitrogens with one attached hydrogen (secondary N) is 1. The van der Waals surface area contributed by atoms with Crippen molar-refractivity contribution in [3.8, 4) is 5.75 Å². The molecule has 0 aliphatic heterocycles. The molecule has 0 unspecified atom stereocenters. The Morgan fingerprint density at radius 2 is 1.56 bits per heavy atom. The van der Waals surface area contributed by atoms with Crippen molar-refractivity contribution in [2.24, 2.45) is 0 Å². The third-order valence-corrected chi connectivity index (χ3v) is 6.52. The molecular weight excluding hydrogens is 463 g/mol. The molecule has 178 valence electrons. The third kappa shape index (κ3) is 5.90. The summed E-state index contributed by atoms with van der Waals surface area (Å²) in [4.78, 5) is 24.4. The van der Waals surface area contributed by atoms with Crippen LogP contribution in [0, 0.1) is 5.82 Å². The lowest BCUT2D eigenvalue weighted by Gasteiger charge is -2.24. The molecule has 0 aliphatic rings. The van der Waals surface area contributed by atoms with Gasteiger partial charge in [0.1, 0.15) is 18.1 Å². The van der Waals surface area contributed by atoms with Crippen LogP contribution in [0.1, 0.15) is 17.3 Å². The Kier molecular flexibility index (Phi) is 7.85. The number of rotatable bonds is 9. The number of carbonyl (C=O) groups is 2. The van der Waals surface area contributed by atoms with Gasteiger partial charge < -0.3 is 14.8 Å². The van der Waals surface area contributed by atoms with E-state index in [0.717, 1.165) is 28.6 Å². The lowest BCUT2D eigenvalue weighted by atomic mass is 10.2. The van der Waals surface area contributed by atoms with Crippen LogP contribution in [0.15, 0.2) is 77.7 Å². The monoisotopic (exact) mass is 486 g/mol. The molecule has 0 aliphatic carbocycles. The second kappa shape index (κ2) is 10.8. The Balaban J connectivity index is 1.85. The van der Waals surface area contributed by atoms with Gasteiger partial charge in [-0.2, -0.15) is 0 Å². The van der Waals surface area contributed by atoms with Gasteiger partial charge in [-0.25, -0.2) is 17.6 Å². The predicted molar refractivity (Wildman–Crippen MR) is 125 cm³/mol. The number of sulfonamides is 1. The summed E-state index contributed by atoms with van der Waals surface area (Å²) in [5.74, 6) is -1.19. The zero-order valence-corrected chi connectivity index (χ0v) is 19.3. The fourth-order valence-electron chi connectivity index (χ4n) is 3.03. The molecule has 0 spiro atoms. The Labute approximate surface area is 197 Å². The zero-order valence-electron chi connectivity index (χ0n) is 18.5. The van der Waals surface area contributed by atoms with Crippen molar-refractivity contribution < 1.29 is 31.9 Å². The van der Waals surface area contributed by atoms with E-state index in [9.17, 15) is 22.4 Å². The number of hydrogen-bond acceptors (Lipinski definition) is 6. The zero-order chi connectivity index (χ0) is 24.7. The Morgan fingerprint density at radius 3 is 2.12 bits per heavy atom. The third-order valence-electron chi connectivity index (χ3n) is 4.73. The SMILES string of the molecule is CCOC(=O)c1ccc(NC(=O)CN(c2ccc(OC)cc2)S(=O)(=O)c2ccc(F)cc2)cc1. The molecule has 0 radical (unpaired) electrons. The fourth-order valence-corrected chi connectivity index (χ4v) is 4.45. The molecular formula is C24H23FN2O6S. The maximum Gasteiger partial charge on any atom is 0.338 e. The molecule has 0 atom stereocenters. The fraction of sp³-hybridized carbons (Fsp3) is 0.167. The van der Waals surface area contributed by atoms with E-state index >= 15 is 0 Å². The molecule has 8 nitrogen and oxygen atoms in total. The highest BCUT2D eigenvalue weighted by Crippen LogP contribution is 2.26. The smallest absolute Gasteiger partial charge is 0.338 e.